The molecule has 1 rings (SSSR count). The fourth-order valence-electron chi connectivity index (χ4n) is 1.14. The van der Waals surface area contributed by atoms with Crippen molar-refractivity contribution in [3.8, 4) is 0 Å². The second kappa shape index (κ2) is 6.88. The van der Waals surface area contributed by atoms with E-state index in [1.807, 2.05) is 0 Å². The van der Waals surface area contributed by atoms with Crippen LogP contribution in [0.3, 0.4) is 0 Å². The lowest BCUT2D eigenvalue weighted by molar-refractivity contribution is 0.0410. The lowest BCUT2D eigenvalue weighted by atomic mass is 10.4. The maximum absolute atomic E-state index is 10.3. The first-order valence-electron chi connectivity index (χ1n) is 4.51. The van der Waals surface area contributed by atoms with Gasteiger partial charge in [-0.15, -0.1) is 0 Å². The molecule has 6 nitrogen and oxygen atoms in total. The molecule has 0 aromatic carbocycles. The monoisotopic (exact) mass is 220 g/mol. The van der Waals surface area contributed by atoms with Crippen molar-refractivity contribution < 1.29 is 9.53 Å². The van der Waals surface area contributed by atoms with Crippen LogP contribution in [0.15, 0.2) is 0 Å². The van der Waals surface area contributed by atoms with E-state index in [9.17, 15) is 4.79 Å². The number of urea groups is 1. The SMILES string of the molecule is NC(=O)NNSCCN1CCOCC1. The Morgan fingerprint density at radius 1 is 1.50 bits per heavy atom. The van der Waals surface area contributed by atoms with Crippen molar-refractivity contribution in [3.63, 3.8) is 0 Å². The van der Waals surface area contributed by atoms with Gasteiger partial charge in [-0.25, -0.2) is 4.79 Å². The van der Waals surface area contributed by atoms with E-state index in [1.165, 1.54) is 11.9 Å². The number of primary amides is 1. The molecule has 4 N–H and O–H groups in total. The molecular formula is C7H16N4O2S. The van der Waals surface area contributed by atoms with Crippen molar-refractivity contribution in [2.45, 2.75) is 0 Å². The summed E-state index contributed by atoms with van der Waals surface area (Å²) < 4.78 is 5.22. The van der Waals surface area contributed by atoms with Crippen LogP contribution in [-0.4, -0.2) is 49.5 Å². The predicted octanol–water partition coefficient (Wildman–Crippen LogP) is -0.860. The van der Waals surface area contributed by atoms with Crippen LogP contribution < -0.4 is 16.0 Å². The van der Waals surface area contributed by atoms with Crippen molar-refractivity contribution in [2.75, 3.05) is 38.6 Å². The molecule has 82 valence electrons. The normalized spacial score (nSPS) is 18.0. The zero-order valence-electron chi connectivity index (χ0n) is 7.99. The molecular weight excluding hydrogens is 204 g/mol. The summed E-state index contributed by atoms with van der Waals surface area (Å²) in [5.74, 6) is 0.903. The number of amides is 2. The van der Waals surface area contributed by atoms with E-state index in [0.717, 1.165) is 38.6 Å². The number of hydrogen-bond acceptors (Lipinski definition) is 5. The Kier molecular flexibility index (Phi) is 5.69. The minimum absolute atomic E-state index is 0.566. The summed E-state index contributed by atoms with van der Waals surface area (Å²) in [5, 5.41) is 0. The van der Waals surface area contributed by atoms with Crippen LogP contribution in [0.4, 0.5) is 4.79 Å². The standard InChI is InChI=1S/C7H16N4O2S/c8-7(12)9-10-14-6-3-11-1-4-13-5-2-11/h10H,1-6H2,(H3,8,9,12). The van der Waals surface area contributed by atoms with Gasteiger partial charge in [-0.3, -0.25) is 10.3 Å². The Morgan fingerprint density at radius 2 is 2.21 bits per heavy atom. The summed E-state index contributed by atoms with van der Waals surface area (Å²) in [4.78, 5) is 15.3. The molecule has 1 fully saturated rings. The number of carbonyl (C=O) groups is 1. The first-order valence-corrected chi connectivity index (χ1v) is 5.50. The van der Waals surface area contributed by atoms with Crippen molar-refractivity contribution in [1.82, 2.24) is 15.2 Å². The lowest BCUT2D eigenvalue weighted by Crippen LogP contribution is -2.40. The number of nitrogens with one attached hydrogen (secondary N) is 2. The van der Waals surface area contributed by atoms with Gasteiger partial charge in [-0.2, -0.15) is 4.83 Å². The van der Waals surface area contributed by atoms with Crippen LogP contribution in [0.1, 0.15) is 0 Å². The molecule has 0 unspecified atom stereocenters. The molecule has 0 atom stereocenters. The van der Waals surface area contributed by atoms with Crippen LogP contribution in [0.5, 0.6) is 0 Å². The third kappa shape index (κ3) is 5.28. The Balaban J connectivity index is 1.90. The van der Waals surface area contributed by atoms with Crippen molar-refractivity contribution in [1.29, 1.82) is 0 Å². The molecule has 0 saturated carbocycles. The summed E-state index contributed by atoms with van der Waals surface area (Å²) in [6.07, 6.45) is 0. The molecule has 14 heavy (non-hydrogen) atoms. The Hall–Kier alpha value is -0.500. The van der Waals surface area contributed by atoms with Gasteiger partial charge in [-0.1, -0.05) is 11.9 Å². The molecule has 0 aromatic heterocycles. The number of hydrogen-bond donors (Lipinski definition) is 3. The third-order valence-electron chi connectivity index (χ3n) is 1.86. The molecule has 1 aliphatic heterocycles. The molecule has 0 aromatic rings. The van der Waals surface area contributed by atoms with Gasteiger partial charge in [0.2, 0.25) is 0 Å². The molecule has 1 aliphatic rings. The zero-order valence-corrected chi connectivity index (χ0v) is 8.81. The second-order valence-electron chi connectivity index (χ2n) is 2.89. The van der Waals surface area contributed by atoms with Gasteiger partial charge in [-0.05, 0) is 0 Å². The molecule has 1 saturated heterocycles. The highest BCUT2D eigenvalue weighted by Crippen LogP contribution is 1.99. The number of ether oxygens (including phenoxy) is 1. The Morgan fingerprint density at radius 3 is 2.86 bits per heavy atom. The first-order chi connectivity index (χ1) is 6.79. The molecule has 7 heteroatoms. The Bertz CT molecular complexity index is 175. The molecule has 0 spiro atoms. The molecule has 0 bridgehead atoms. The van der Waals surface area contributed by atoms with E-state index in [0.29, 0.717) is 0 Å². The van der Waals surface area contributed by atoms with E-state index in [4.69, 9.17) is 10.5 Å². The highest BCUT2D eigenvalue weighted by Gasteiger charge is 2.08. The molecule has 2 amide bonds. The average molecular weight is 220 g/mol. The summed E-state index contributed by atoms with van der Waals surface area (Å²) in [6.45, 7) is 4.60. The van der Waals surface area contributed by atoms with Crippen LogP contribution in [0, 0.1) is 0 Å². The van der Waals surface area contributed by atoms with E-state index >= 15 is 0 Å². The largest absolute Gasteiger partial charge is 0.379 e. The number of hydrazine groups is 1. The van der Waals surface area contributed by atoms with E-state index in [1.54, 1.807) is 0 Å². The lowest BCUT2D eigenvalue weighted by Gasteiger charge is -2.26. The number of carbonyl (C=O) groups excluding carboxylic acids is 1. The van der Waals surface area contributed by atoms with E-state index in [2.05, 4.69) is 15.2 Å². The fourth-order valence-corrected chi connectivity index (χ4v) is 1.76. The Labute approximate surface area is 87.6 Å². The number of morpholine rings is 1. The number of nitrogens with two attached hydrogens (primary N) is 1. The maximum atomic E-state index is 10.3. The zero-order chi connectivity index (χ0) is 10.2. The molecule has 1 heterocycles. The third-order valence-corrected chi connectivity index (χ3v) is 2.49. The predicted molar refractivity (Wildman–Crippen MR) is 55.6 cm³/mol. The molecule has 0 radical (unpaired) electrons. The van der Waals surface area contributed by atoms with Gasteiger partial charge in [0.1, 0.15) is 0 Å². The summed E-state index contributed by atoms with van der Waals surface area (Å²) in [5.41, 5.74) is 7.16. The number of rotatable bonds is 5. The fraction of sp³-hybridized carbons (Fsp3) is 0.857. The second-order valence-corrected chi connectivity index (χ2v) is 3.79. The topological polar surface area (TPSA) is 79.6 Å². The summed E-state index contributed by atoms with van der Waals surface area (Å²) in [6, 6.07) is -0.566. The minimum atomic E-state index is -0.566. The maximum Gasteiger partial charge on any atom is 0.327 e. The van der Waals surface area contributed by atoms with Crippen LogP contribution in [0.2, 0.25) is 0 Å². The highest BCUT2D eigenvalue weighted by atomic mass is 32.2. The van der Waals surface area contributed by atoms with Crippen LogP contribution in [-0.2, 0) is 4.74 Å². The van der Waals surface area contributed by atoms with Gasteiger partial charge < -0.3 is 10.5 Å². The molecule has 0 aliphatic carbocycles. The van der Waals surface area contributed by atoms with Crippen molar-refractivity contribution in [3.05, 3.63) is 0 Å². The van der Waals surface area contributed by atoms with Gasteiger partial charge in [0, 0.05) is 25.4 Å². The van der Waals surface area contributed by atoms with Crippen molar-refractivity contribution >= 4 is 18.0 Å². The van der Waals surface area contributed by atoms with Crippen LogP contribution in [0.25, 0.3) is 0 Å². The van der Waals surface area contributed by atoms with E-state index < -0.39 is 6.03 Å². The minimum Gasteiger partial charge on any atom is -0.379 e. The summed E-state index contributed by atoms with van der Waals surface area (Å²) >= 11 is 1.43. The first kappa shape index (κ1) is 11.6. The smallest absolute Gasteiger partial charge is 0.327 e. The van der Waals surface area contributed by atoms with Gasteiger partial charge >= 0.3 is 6.03 Å². The quantitative estimate of drug-likeness (QED) is 0.319. The van der Waals surface area contributed by atoms with Gasteiger partial charge in [0.15, 0.2) is 0 Å². The average Bonchev–Trinajstić information content (AvgIpc) is 2.18. The van der Waals surface area contributed by atoms with Crippen molar-refractivity contribution in [2.24, 2.45) is 5.73 Å². The van der Waals surface area contributed by atoms with E-state index in [-0.39, 0.29) is 0 Å². The summed E-state index contributed by atoms with van der Waals surface area (Å²) in [7, 11) is 0. The highest BCUT2D eigenvalue weighted by molar-refractivity contribution is 7.97. The van der Waals surface area contributed by atoms with Crippen LogP contribution >= 0.6 is 11.9 Å². The number of nitrogens with zero attached hydrogens (tertiary/aromatic N) is 1. The van der Waals surface area contributed by atoms with Gasteiger partial charge in [0.25, 0.3) is 0 Å². The van der Waals surface area contributed by atoms with Gasteiger partial charge in [0.05, 0.1) is 13.2 Å².